The van der Waals surface area contributed by atoms with E-state index in [-0.39, 0.29) is 0 Å². The number of hydrogen-bond donors (Lipinski definition) is 0. The maximum atomic E-state index is 4.92. The van der Waals surface area contributed by atoms with Gasteiger partial charge in [-0.15, -0.1) is 0 Å². The fraction of sp³-hybridized carbons (Fsp3) is 0.286. The lowest BCUT2D eigenvalue weighted by Crippen LogP contribution is -1.85. The van der Waals surface area contributed by atoms with Crippen molar-refractivity contribution in [2.45, 2.75) is 13.8 Å². The summed E-state index contributed by atoms with van der Waals surface area (Å²) in [4.78, 5) is 8.15. The fourth-order valence-electron chi connectivity index (χ4n) is 0.950. The van der Waals surface area contributed by atoms with E-state index in [1.165, 1.54) is 0 Å². The molecule has 0 amide bonds. The van der Waals surface area contributed by atoms with Crippen LogP contribution in [0.5, 0.6) is 0 Å². The van der Waals surface area contributed by atoms with E-state index in [1.54, 1.807) is 6.20 Å². The molecule has 0 aliphatic rings. The largest absolute Gasteiger partial charge is 0.359 e. The molecule has 11 heavy (non-hydrogen) atoms. The highest BCUT2D eigenvalue weighted by Gasteiger charge is 2.04. The van der Waals surface area contributed by atoms with E-state index in [9.17, 15) is 0 Å². The van der Waals surface area contributed by atoms with Gasteiger partial charge in [-0.05, 0) is 13.8 Å². The minimum absolute atomic E-state index is 0.716. The average molecular weight is 149 g/mol. The molecule has 2 aromatic heterocycles. The molecular formula is C7H7N3O. The maximum Gasteiger partial charge on any atom is 0.160 e. The summed E-state index contributed by atoms with van der Waals surface area (Å²) in [6.45, 7) is 3.67. The van der Waals surface area contributed by atoms with Gasteiger partial charge in [0.2, 0.25) is 0 Å². The van der Waals surface area contributed by atoms with Crippen molar-refractivity contribution >= 4 is 11.0 Å². The van der Waals surface area contributed by atoms with Gasteiger partial charge in [0.15, 0.2) is 11.3 Å². The van der Waals surface area contributed by atoms with Crippen LogP contribution in [0, 0.1) is 13.8 Å². The van der Waals surface area contributed by atoms with Gasteiger partial charge in [-0.2, -0.15) is 0 Å². The average Bonchev–Trinajstić information content (AvgIpc) is 2.33. The molecule has 0 N–H and O–H groups in total. The summed E-state index contributed by atoms with van der Waals surface area (Å²) in [5.41, 5.74) is 1.52. The number of nitrogens with zero attached hydrogens (tertiary/aromatic N) is 3. The molecule has 0 radical (unpaired) electrons. The summed E-state index contributed by atoms with van der Waals surface area (Å²) in [5.74, 6) is 1.48. The first kappa shape index (κ1) is 6.27. The van der Waals surface area contributed by atoms with Crippen molar-refractivity contribution in [1.29, 1.82) is 0 Å². The SMILES string of the molecule is Cc1ncc2noc(C)c2n1. The lowest BCUT2D eigenvalue weighted by Gasteiger charge is -1.88. The molecule has 0 bridgehead atoms. The first-order valence-corrected chi connectivity index (χ1v) is 3.33. The van der Waals surface area contributed by atoms with Gasteiger partial charge in [-0.25, -0.2) is 9.97 Å². The Labute approximate surface area is 63.2 Å². The molecule has 2 heterocycles. The molecule has 2 aromatic rings. The van der Waals surface area contributed by atoms with Crippen molar-refractivity contribution in [3.8, 4) is 0 Å². The van der Waals surface area contributed by atoms with Gasteiger partial charge in [0.1, 0.15) is 11.3 Å². The quantitative estimate of drug-likeness (QED) is 0.565. The summed E-state index contributed by atoms with van der Waals surface area (Å²) in [6.07, 6.45) is 1.66. The highest BCUT2D eigenvalue weighted by atomic mass is 16.5. The predicted molar refractivity (Wildman–Crippen MR) is 39.1 cm³/mol. The monoisotopic (exact) mass is 149 g/mol. The third-order valence-electron chi connectivity index (χ3n) is 1.50. The van der Waals surface area contributed by atoms with Crippen LogP contribution in [-0.2, 0) is 0 Å². The van der Waals surface area contributed by atoms with Crippen LogP contribution in [0.1, 0.15) is 11.6 Å². The van der Waals surface area contributed by atoms with Gasteiger partial charge < -0.3 is 4.52 Å². The van der Waals surface area contributed by atoms with E-state index in [2.05, 4.69) is 15.1 Å². The van der Waals surface area contributed by atoms with E-state index in [0.29, 0.717) is 5.52 Å². The van der Waals surface area contributed by atoms with E-state index < -0.39 is 0 Å². The molecule has 0 aromatic carbocycles. The number of aromatic nitrogens is 3. The first-order chi connectivity index (χ1) is 5.27. The third kappa shape index (κ3) is 0.869. The summed E-state index contributed by atoms with van der Waals surface area (Å²) in [5, 5.41) is 3.76. The first-order valence-electron chi connectivity index (χ1n) is 3.33. The minimum Gasteiger partial charge on any atom is -0.359 e. The Morgan fingerprint density at radius 3 is 3.00 bits per heavy atom. The zero-order chi connectivity index (χ0) is 7.84. The predicted octanol–water partition coefficient (Wildman–Crippen LogP) is 1.23. The summed E-state index contributed by atoms with van der Waals surface area (Å²) in [7, 11) is 0. The van der Waals surface area contributed by atoms with Crippen LogP contribution >= 0.6 is 0 Å². The molecule has 4 nitrogen and oxygen atoms in total. The molecule has 0 aliphatic carbocycles. The zero-order valence-electron chi connectivity index (χ0n) is 6.33. The second-order valence-corrected chi connectivity index (χ2v) is 2.39. The molecule has 0 aliphatic heterocycles. The minimum atomic E-state index is 0.716. The van der Waals surface area contributed by atoms with Crippen LogP contribution in [0.15, 0.2) is 10.7 Å². The lowest BCUT2D eigenvalue weighted by molar-refractivity contribution is 0.405. The standard InChI is InChI=1S/C7H7N3O/c1-4-7-6(10-11-4)3-8-5(2)9-7/h3H,1-2H3. The molecular weight excluding hydrogens is 142 g/mol. The highest BCUT2D eigenvalue weighted by molar-refractivity contribution is 5.74. The normalized spacial score (nSPS) is 10.7. The zero-order valence-corrected chi connectivity index (χ0v) is 6.33. The summed E-state index contributed by atoms with van der Waals surface area (Å²) >= 11 is 0. The van der Waals surface area contributed by atoms with Gasteiger partial charge in [0.25, 0.3) is 0 Å². The molecule has 2 rings (SSSR count). The van der Waals surface area contributed by atoms with Gasteiger partial charge in [0, 0.05) is 0 Å². The van der Waals surface area contributed by atoms with Gasteiger partial charge in [-0.3, -0.25) is 0 Å². The Bertz CT molecular complexity index is 393. The molecule has 4 heteroatoms. The Balaban J connectivity index is 2.87. The third-order valence-corrected chi connectivity index (χ3v) is 1.50. The molecule has 0 saturated heterocycles. The number of aryl methyl sites for hydroxylation is 2. The summed E-state index contributed by atoms with van der Waals surface area (Å²) < 4.78 is 4.92. The molecule has 0 spiro atoms. The molecule has 56 valence electrons. The Kier molecular flexibility index (Phi) is 1.15. The van der Waals surface area contributed by atoms with Gasteiger partial charge in [-0.1, -0.05) is 5.16 Å². The van der Waals surface area contributed by atoms with Gasteiger partial charge in [0.05, 0.1) is 6.20 Å². The van der Waals surface area contributed by atoms with Crippen LogP contribution in [0.25, 0.3) is 11.0 Å². The summed E-state index contributed by atoms with van der Waals surface area (Å²) in [6, 6.07) is 0. The Morgan fingerprint density at radius 2 is 2.18 bits per heavy atom. The fourth-order valence-corrected chi connectivity index (χ4v) is 0.950. The Hall–Kier alpha value is -1.45. The van der Waals surface area contributed by atoms with E-state index in [0.717, 1.165) is 17.1 Å². The van der Waals surface area contributed by atoms with Crippen LogP contribution in [0.4, 0.5) is 0 Å². The number of rotatable bonds is 0. The van der Waals surface area contributed by atoms with E-state index in [1.807, 2.05) is 13.8 Å². The van der Waals surface area contributed by atoms with Crippen LogP contribution < -0.4 is 0 Å². The van der Waals surface area contributed by atoms with Crippen molar-refractivity contribution < 1.29 is 4.52 Å². The van der Waals surface area contributed by atoms with Crippen molar-refractivity contribution in [3.05, 3.63) is 17.8 Å². The molecule has 0 fully saturated rings. The lowest BCUT2D eigenvalue weighted by atomic mass is 10.4. The number of hydrogen-bond acceptors (Lipinski definition) is 4. The van der Waals surface area contributed by atoms with Crippen molar-refractivity contribution in [2.24, 2.45) is 0 Å². The van der Waals surface area contributed by atoms with Crippen LogP contribution in [0.3, 0.4) is 0 Å². The van der Waals surface area contributed by atoms with Crippen LogP contribution in [-0.4, -0.2) is 15.1 Å². The second-order valence-electron chi connectivity index (χ2n) is 2.39. The van der Waals surface area contributed by atoms with E-state index in [4.69, 9.17) is 4.52 Å². The van der Waals surface area contributed by atoms with Crippen LogP contribution in [0.2, 0.25) is 0 Å². The molecule has 0 unspecified atom stereocenters. The molecule has 0 atom stereocenters. The van der Waals surface area contributed by atoms with Crippen molar-refractivity contribution in [3.63, 3.8) is 0 Å². The Morgan fingerprint density at radius 1 is 1.36 bits per heavy atom. The molecule has 0 saturated carbocycles. The van der Waals surface area contributed by atoms with Crippen molar-refractivity contribution in [2.75, 3.05) is 0 Å². The maximum absolute atomic E-state index is 4.92. The van der Waals surface area contributed by atoms with E-state index >= 15 is 0 Å². The number of fused-ring (bicyclic) bond motifs is 1. The van der Waals surface area contributed by atoms with Gasteiger partial charge >= 0.3 is 0 Å². The topological polar surface area (TPSA) is 51.8 Å². The smallest absolute Gasteiger partial charge is 0.160 e. The second kappa shape index (κ2) is 2.02. The van der Waals surface area contributed by atoms with Crippen molar-refractivity contribution in [1.82, 2.24) is 15.1 Å². The highest BCUT2D eigenvalue weighted by Crippen LogP contribution is 2.12.